The summed E-state index contributed by atoms with van der Waals surface area (Å²) in [6, 6.07) is 0.838. The highest BCUT2D eigenvalue weighted by atomic mass is 31.2. The zero-order valence-corrected chi connectivity index (χ0v) is 13.5. The van der Waals surface area contributed by atoms with Gasteiger partial charge in [0.15, 0.2) is 0 Å². The van der Waals surface area contributed by atoms with Crippen molar-refractivity contribution >= 4 is 8.30 Å². The quantitative estimate of drug-likeness (QED) is 0.688. The molecule has 0 spiro atoms. The molecular formula is C15H27N2OP. The molecule has 108 valence electrons. The molecule has 0 aromatic heterocycles. The standard InChI is InChI=1S/C15H27N2OP/c1-12(2)17(13(3)4)19(14(5)10-16)18-11-15-8-6-7-9-15/h6,8-9,12-13H,5,7,10-11,16H2,1-4H3. The summed E-state index contributed by atoms with van der Waals surface area (Å²) < 4.78 is 8.53. The first-order valence-corrected chi connectivity index (χ1v) is 8.13. The average Bonchev–Trinajstić information content (AvgIpc) is 2.85. The maximum Gasteiger partial charge on any atom is 0.134 e. The van der Waals surface area contributed by atoms with Crippen molar-refractivity contribution in [2.75, 3.05) is 13.2 Å². The van der Waals surface area contributed by atoms with E-state index >= 15 is 0 Å². The Bertz CT molecular complexity index is 353. The van der Waals surface area contributed by atoms with E-state index in [0.717, 1.165) is 11.7 Å². The van der Waals surface area contributed by atoms with E-state index in [0.29, 0.717) is 25.2 Å². The lowest BCUT2D eigenvalue weighted by Crippen LogP contribution is -2.34. The molecule has 1 aliphatic rings. The van der Waals surface area contributed by atoms with Gasteiger partial charge >= 0.3 is 0 Å². The second kappa shape index (κ2) is 7.96. The minimum Gasteiger partial charge on any atom is -0.335 e. The molecule has 0 saturated heterocycles. The Hall–Kier alpha value is -0.470. The summed E-state index contributed by atoms with van der Waals surface area (Å²) in [5.41, 5.74) is 7.03. The minimum absolute atomic E-state index is 0.419. The van der Waals surface area contributed by atoms with Crippen LogP contribution in [0.2, 0.25) is 0 Å². The Kier molecular flexibility index (Phi) is 6.95. The molecule has 0 amide bonds. The molecule has 3 nitrogen and oxygen atoms in total. The van der Waals surface area contributed by atoms with Gasteiger partial charge in [-0.05, 0) is 39.7 Å². The van der Waals surface area contributed by atoms with Gasteiger partial charge in [0.25, 0.3) is 0 Å². The van der Waals surface area contributed by atoms with Gasteiger partial charge in [0.2, 0.25) is 0 Å². The third-order valence-electron chi connectivity index (χ3n) is 2.98. The van der Waals surface area contributed by atoms with E-state index in [2.05, 4.69) is 57.2 Å². The predicted molar refractivity (Wildman–Crippen MR) is 85.0 cm³/mol. The normalized spacial score (nSPS) is 16.5. The summed E-state index contributed by atoms with van der Waals surface area (Å²) >= 11 is 0. The van der Waals surface area contributed by atoms with Crippen LogP contribution in [-0.2, 0) is 4.52 Å². The average molecular weight is 282 g/mol. The van der Waals surface area contributed by atoms with E-state index in [1.807, 2.05) is 0 Å². The molecule has 0 saturated carbocycles. The van der Waals surface area contributed by atoms with Crippen molar-refractivity contribution in [3.05, 3.63) is 35.7 Å². The second-order valence-electron chi connectivity index (χ2n) is 5.30. The second-order valence-corrected chi connectivity index (χ2v) is 7.20. The van der Waals surface area contributed by atoms with E-state index in [-0.39, 0.29) is 0 Å². The Morgan fingerprint density at radius 1 is 1.42 bits per heavy atom. The Morgan fingerprint density at radius 2 is 2.05 bits per heavy atom. The molecule has 2 N–H and O–H groups in total. The van der Waals surface area contributed by atoms with Crippen LogP contribution < -0.4 is 5.73 Å². The molecular weight excluding hydrogens is 255 g/mol. The van der Waals surface area contributed by atoms with E-state index in [1.54, 1.807) is 0 Å². The van der Waals surface area contributed by atoms with Crippen LogP contribution in [0.5, 0.6) is 0 Å². The van der Waals surface area contributed by atoms with Crippen molar-refractivity contribution in [1.29, 1.82) is 0 Å². The van der Waals surface area contributed by atoms with Gasteiger partial charge < -0.3 is 10.3 Å². The summed E-state index contributed by atoms with van der Waals surface area (Å²) in [4.78, 5) is 0. The Morgan fingerprint density at radius 3 is 2.47 bits per heavy atom. The third-order valence-corrected chi connectivity index (χ3v) is 5.42. The van der Waals surface area contributed by atoms with Gasteiger partial charge in [0.1, 0.15) is 8.30 Å². The molecule has 0 aromatic carbocycles. The molecule has 0 aliphatic heterocycles. The summed E-state index contributed by atoms with van der Waals surface area (Å²) in [6.07, 6.45) is 7.51. The maximum absolute atomic E-state index is 6.16. The molecule has 0 aromatic rings. The zero-order chi connectivity index (χ0) is 14.4. The fourth-order valence-electron chi connectivity index (χ4n) is 2.16. The largest absolute Gasteiger partial charge is 0.335 e. The van der Waals surface area contributed by atoms with Gasteiger partial charge in [-0.25, -0.2) is 0 Å². The van der Waals surface area contributed by atoms with E-state index in [1.165, 1.54) is 5.57 Å². The summed E-state index contributed by atoms with van der Waals surface area (Å²) in [7, 11) is -0.841. The van der Waals surface area contributed by atoms with Crippen LogP contribution in [0, 0.1) is 0 Å². The lowest BCUT2D eigenvalue weighted by atomic mass is 10.3. The molecule has 19 heavy (non-hydrogen) atoms. The van der Waals surface area contributed by atoms with Crippen LogP contribution in [0.25, 0.3) is 0 Å². The summed E-state index contributed by atoms with van der Waals surface area (Å²) in [5.74, 6) is 0. The van der Waals surface area contributed by atoms with Crippen LogP contribution in [0.3, 0.4) is 0 Å². The Labute approximate surface area is 119 Å². The number of hydrogen-bond donors (Lipinski definition) is 1. The van der Waals surface area contributed by atoms with Crippen LogP contribution in [0.15, 0.2) is 35.7 Å². The zero-order valence-electron chi connectivity index (χ0n) is 12.6. The molecule has 1 atom stereocenters. The highest BCUT2D eigenvalue weighted by Crippen LogP contribution is 2.51. The predicted octanol–water partition coefficient (Wildman–Crippen LogP) is 3.79. The number of rotatable bonds is 8. The van der Waals surface area contributed by atoms with Crippen molar-refractivity contribution in [3.8, 4) is 0 Å². The smallest absolute Gasteiger partial charge is 0.134 e. The van der Waals surface area contributed by atoms with E-state index in [4.69, 9.17) is 10.3 Å². The minimum atomic E-state index is -0.841. The van der Waals surface area contributed by atoms with Crippen LogP contribution in [0.4, 0.5) is 0 Å². The molecule has 0 radical (unpaired) electrons. The topological polar surface area (TPSA) is 38.5 Å². The van der Waals surface area contributed by atoms with Crippen molar-refractivity contribution in [3.63, 3.8) is 0 Å². The molecule has 1 aliphatic carbocycles. The number of hydrogen-bond acceptors (Lipinski definition) is 3. The van der Waals surface area contributed by atoms with Gasteiger partial charge in [-0.2, -0.15) is 0 Å². The molecule has 1 unspecified atom stereocenters. The van der Waals surface area contributed by atoms with Crippen molar-refractivity contribution in [2.45, 2.75) is 46.2 Å². The van der Waals surface area contributed by atoms with E-state index in [9.17, 15) is 0 Å². The van der Waals surface area contributed by atoms with Crippen molar-refractivity contribution in [2.24, 2.45) is 5.73 Å². The van der Waals surface area contributed by atoms with Crippen LogP contribution in [-0.4, -0.2) is 29.9 Å². The Balaban J connectivity index is 2.74. The fourth-order valence-corrected chi connectivity index (χ4v) is 4.07. The number of nitrogens with zero attached hydrogens (tertiary/aromatic N) is 1. The van der Waals surface area contributed by atoms with E-state index < -0.39 is 8.30 Å². The first-order chi connectivity index (χ1) is 8.97. The fraction of sp³-hybridized carbons (Fsp3) is 0.600. The molecule has 0 bridgehead atoms. The van der Waals surface area contributed by atoms with Gasteiger partial charge in [0, 0.05) is 23.9 Å². The van der Waals surface area contributed by atoms with Crippen molar-refractivity contribution in [1.82, 2.24) is 4.67 Å². The lowest BCUT2D eigenvalue weighted by molar-refractivity contribution is 0.269. The summed E-state index contributed by atoms with van der Waals surface area (Å²) in [5, 5.41) is 1.000. The maximum atomic E-state index is 6.16. The molecule has 4 heteroatoms. The first-order valence-electron chi connectivity index (χ1n) is 6.92. The summed E-state index contributed by atoms with van der Waals surface area (Å²) in [6.45, 7) is 14.0. The van der Waals surface area contributed by atoms with Crippen LogP contribution in [0.1, 0.15) is 34.1 Å². The molecule has 0 heterocycles. The van der Waals surface area contributed by atoms with Crippen molar-refractivity contribution < 1.29 is 4.52 Å². The van der Waals surface area contributed by atoms with Gasteiger partial charge in [0.05, 0.1) is 6.61 Å². The van der Waals surface area contributed by atoms with Crippen LogP contribution >= 0.6 is 8.30 Å². The SMILES string of the molecule is C=C(CN)P(OCC1=CCC=C1)N(C(C)C)C(C)C. The first kappa shape index (κ1) is 16.6. The lowest BCUT2D eigenvalue weighted by Gasteiger charge is -2.37. The third kappa shape index (κ3) is 4.85. The highest BCUT2D eigenvalue weighted by Gasteiger charge is 2.27. The molecule has 0 fully saturated rings. The van der Waals surface area contributed by atoms with Gasteiger partial charge in [-0.3, -0.25) is 4.67 Å². The van der Waals surface area contributed by atoms with Gasteiger partial charge in [-0.15, -0.1) is 0 Å². The number of nitrogens with two attached hydrogens (primary N) is 1. The molecule has 1 rings (SSSR count). The monoisotopic (exact) mass is 282 g/mol. The highest BCUT2D eigenvalue weighted by molar-refractivity contribution is 7.54. The van der Waals surface area contributed by atoms with Gasteiger partial charge in [-0.1, -0.05) is 24.8 Å². The number of allylic oxidation sites excluding steroid dienone is 2.